The third-order valence-corrected chi connectivity index (χ3v) is 3.93. The van der Waals surface area contributed by atoms with Crippen LogP contribution < -0.4 is 5.32 Å². The minimum absolute atomic E-state index is 0.153. The fraction of sp³-hybridized carbons (Fsp3) is 0.833. The highest BCUT2D eigenvalue weighted by Gasteiger charge is 2.66. The van der Waals surface area contributed by atoms with Crippen molar-refractivity contribution in [1.29, 1.82) is 0 Å². The van der Waals surface area contributed by atoms with Crippen LogP contribution in [-0.4, -0.2) is 34.2 Å². The van der Waals surface area contributed by atoms with Crippen LogP contribution in [0.4, 0.5) is 0 Å². The van der Waals surface area contributed by atoms with Crippen LogP contribution in [0.25, 0.3) is 0 Å². The molecule has 0 bridgehead atoms. The van der Waals surface area contributed by atoms with Gasteiger partial charge in [-0.15, -0.1) is 0 Å². The van der Waals surface area contributed by atoms with Crippen molar-refractivity contribution in [2.45, 2.75) is 39.7 Å². The van der Waals surface area contributed by atoms with Gasteiger partial charge in [0.05, 0.1) is 24.0 Å². The Balaban J connectivity index is 2.71. The highest BCUT2D eigenvalue weighted by atomic mass is 16.4. The normalized spacial score (nSPS) is 29.2. The van der Waals surface area contributed by atoms with Gasteiger partial charge in [0.25, 0.3) is 0 Å². The molecule has 1 aliphatic rings. The van der Waals surface area contributed by atoms with Gasteiger partial charge in [-0.25, -0.2) is 0 Å². The zero-order chi connectivity index (χ0) is 13.4. The number of carbonyl (C=O) groups is 2. The van der Waals surface area contributed by atoms with Gasteiger partial charge in [-0.3, -0.25) is 9.59 Å². The standard InChI is InChI=1S/C12H21NO4/c1-5-12(4,6-14)13-9(15)7-8(10(16)17)11(7,2)3/h7-8,14H,5-6H2,1-4H3,(H,13,15)(H,16,17)/t7-,8+,12?/m1/s1. The average Bonchev–Trinajstić information content (AvgIpc) is 2.81. The highest BCUT2D eigenvalue weighted by molar-refractivity contribution is 5.92. The van der Waals surface area contributed by atoms with Gasteiger partial charge in [-0.2, -0.15) is 0 Å². The summed E-state index contributed by atoms with van der Waals surface area (Å²) in [6, 6.07) is 0. The summed E-state index contributed by atoms with van der Waals surface area (Å²) >= 11 is 0. The van der Waals surface area contributed by atoms with Crippen LogP contribution >= 0.6 is 0 Å². The largest absolute Gasteiger partial charge is 0.481 e. The lowest BCUT2D eigenvalue weighted by molar-refractivity contribution is -0.140. The second kappa shape index (κ2) is 4.29. The van der Waals surface area contributed by atoms with Crippen molar-refractivity contribution in [2.24, 2.45) is 17.3 Å². The number of aliphatic hydroxyl groups is 1. The van der Waals surface area contributed by atoms with E-state index in [0.29, 0.717) is 6.42 Å². The van der Waals surface area contributed by atoms with E-state index in [2.05, 4.69) is 5.32 Å². The molecule has 1 amide bonds. The van der Waals surface area contributed by atoms with Crippen LogP contribution in [0.15, 0.2) is 0 Å². The molecule has 1 unspecified atom stereocenters. The minimum atomic E-state index is -0.933. The molecule has 1 rings (SSSR count). The molecule has 0 heterocycles. The van der Waals surface area contributed by atoms with Gasteiger partial charge < -0.3 is 15.5 Å². The maximum atomic E-state index is 12.0. The predicted molar refractivity (Wildman–Crippen MR) is 62.3 cm³/mol. The third kappa shape index (κ3) is 2.44. The molecule has 3 atom stereocenters. The molecule has 5 heteroatoms. The van der Waals surface area contributed by atoms with E-state index in [-0.39, 0.29) is 12.5 Å². The summed E-state index contributed by atoms with van der Waals surface area (Å²) in [5.74, 6) is -2.34. The van der Waals surface area contributed by atoms with E-state index < -0.39 is 28.8 Å². The summed E-state index contributed by atoms with van der Waals surface area (Å²) < 4.78 is 0. The van der Waals surface area contributed by atoms with E-state index in [1.54, 1.807) is 20.8 Å². The minimum Gasteiger partial charge on any atom is -0.481 e. The summed E-state index contributed by atoms with van der Waals surface area (Å²) in [5.41, 5.74) is -1.17. The van der Waals surface area contributed by atoms with Crippen molar-refractivity contribution >= 4 is 11.9 Å². The maximum Gasteiger partial charge on any atom is 0.307 e. The van der Waals surface area contributed by atoms with Crippen molar-refractivity contribution in [3.63, 3.8) is 0 Å². The molecule has 1 saturated carbocycles. The molecular formula is C12H21NO4. The topological polar surface area (TPSA) is 86.6 Å². The van der Waals surface area contributed by atoms with Gasteiger partial charge in [0.1, 0.15) is 0 Å². The van der Waals surface area contributed by atoms with Crippen molar-refractivity contribution in [3.8, 4) is 0 Å². The summed E-state index contributed by atoms with van der Waals surface area (Å²) in [4.78, 5) is 23.0. The molecule has 1 fully saturated rings. The first kappa shape index (κ1) is 14.0. The van der Waals surface area contributed by atoms with Crippen molar-refractivity contribution in [3.05, 3.63) is 0 Å². The lowest BCUT2D eigenvalue weighted by atomic mass is 9.99. The summed E-state index contributed by atoms with van der Waals surface area (Å²) in [7, 11) is 0. The Kier molecular flexibility index (Phi) is 3.52. The third-order valence-electron chi connectivity index (χ3n) is 3.93. The molecule has 0 aromatic rings. The Hall–Kier alpha value is -1.10. The van der Waals surface area contributed by atoms with Crippen LogP contribution in [0, 0.1) is 17.3 Å². The first-order valence-electron chi connectivity index (χ1n) is 5.85. The lowest BCUT2D eigenvalue weighted by Gasteiger charge is -2.27. The zero-order valence-corrected chi connectivity index (χ0v) is 10.8. The molecule has 1 aliphatic carbocycles. The maximum absolute atomic E-state index is 12.0. The lowest BCUT2D eigenvalue weighted by Crippen LogP contribution is -2.49. The molecule has 0 aromatic carbocycles. The van der Waals surface area contributed by atoms with Gasteiger partial charge in [-0.1, -0.05) is 20.8 Å². The van der Waals surface area contributed by atoms with E-state index in [0.717, 1.165) is 0 Å². The first-order chi connectivity index (χ1) is 7.69. The monoisotopic (exact) mass is 243 g/mol. The SMILES string of the molecule is CCC(C)(CO)NC(=O)[C@H]1[C@@H](C(=O)O)C1(C)C. The number of carboxylic acid groups (broad SMARTS) is 1. The molecule has 5 nitrogen and oxygen atoms in total. The van der Waals surface area contributed by atoms with Gasteiger partial charge in [0.2, 0.25) is 5.91 Å². The van der Waals surface area contributed by atoms with Crippen LogP contribution in [0.5, 0.6) is 0 Å². The number of amides is 1. The summed E-state index contributed by atoms with van der Waals surface area (Å²) in [6.07, 6.45) is 0.597. The van der Waals surface area contributed by atoms with Gasteiger partial charge in [-0.05, 0) is 18.8 Å². The van der Waals surface area contributed by atoms with E-state index in [9.17, 15) is 14.7 Å². The fourth-order valence-corrected chi connectivity index (χ4v) is 2.20. The van der Waals surface area contributed by atoms with Crippen molar-refractivity contribution in [2.75, 3.05) is 6.61 Å². The molecule has 0 spiro atoms. The van der Waals surface area contributed by atoms with Crippen LogP contribution in [0.1, 0.15) is 34.1 Å². The molecule has 98 valence electrons. The van der Waals surface area contributed by atoms with Crippen molar-refractivity contribution < 1.29 is 19.8 Å². The van der Waals surface area contributed by atoms with E-state index in [1.807, 2.05) is 6.92 Å². The Morgan fingerprint density at radius 2 is 1.88 bits per heavy atom. The fourth-order valence-electron chi connectivity index (χ4n) is 2.20. The van der Waals surface area contributed by atoms with Gasteiger partial charge in [0, 0.05) is 0 Å². The van der Waals surface area contributed by atoms with Crippen LogP contribution in [0.3, 0.4) is 0 Å². The molecule has 0 saturated heterocycles. The Morgan fingerprint density at radius 1 is 1.35 bits per heavy atom. The second-order valence-corrected chi connectivity index (χ2v) is 5.68. The molecule has 0 aromatic heterocycles. The number of hydrogen-bond donors (Lipinski definition) is 3. The first-order valence-corrected chi connectivity index (χ1v) is 5.85. The number of hydrogen-bond acceptors (Lipinski definition) is 3. The quantitative estimate of drug-likeness (QED) is 0.660. The number of carbonyl (C=O) groups excluding carboxylic acids is 1. The van der Waals surface area contributed by atoms with E-state index in [1.165, 1.54) is 0 Å². The van der Waals surface area contributed by atoms with Gasteiger partial charge in [0.15, 0.2) is 0 Å². The Morgan fingerprint density at radius 3 is 2.18 bits per heavy atom. The van der Waals surface area contributed by atoms with Crippen molar-refractivity contribution in [1.82, 2.24) is 5.32 Å². The smallest absolute Gasteiger partial charge is 0.307 e. The van der Waals surface area contributed by atoms with Crippen LogP contribution in [-0.2, 0) is 9.59 Å². The Bertz CT molecular complexity index is 333. The average molecular weight is 243 g/mol. The Labute approximate surface area is 101 Å². The molecule has 3 N–H and O–H groups in total. The second-order valence-electron chi connectivity index (χ2n) is 5.68. The zero-order valence-electron chi connectivity index (χ0n) is 10.8. The molecule has 0 aliphatic heterocycles. The number of nitrogens with one attached hydrogen (secondary N) is 1. The van der Waals surface area contributed by atoms with Gasteiger partial charge >= 0.3 is 5.97 Å². The van der Waals surface area contributed by atoms with E-state index in [4.69, 9.17) is 5.11 Å². The molecular weight excluding hydrogens is 222 g/mol. The highest BCUT2D eigenvalue weighted by Crippen LogP contribution is 2.58. The molecule has 0 radical (unpaired) electrons. The number of aliphatic hydroxyl groups excluding tert-OH is 1. The van der Waals surface area contributed by atoms with E-state index >= 15 is 0 Å². The number of rotatable bonds is 5. The predicted octanol–water partition coefficient (Wildman–Crippen LogP) is 0.620. The summed E-state index contributed by atoms with van der Waals surface area (Å²) in [5, 5.41) is 20.9. The molecule has 17 heavy (non-hydrogen) atoms. The van der Waals surface area contributed by atoms with Crippen LogP contribution in [0.2, 0.25) is 0 Å². The summed E-state index contributed by atoms with van der Waals surface area (Å²) in [6.45, 7) is 7.01. The number of aliphatic carboxylic acids is 1. The number of carboxylic acids is 1.